The maximum Gasteiger partial charge on any atom is 0.0709 e. The Labute approximate surface area is 100 Å². The molecule has 0 amide bonds. The van der Waals surface area contributed by atoms with Gasteiger partial charge in [-0.1, -0.05) is 19.3 Å². The molecule has 1 atom stereocenters. The van der Waals surface area contributed by atoms with Crippen LogP contribution in [0, 0.1) is 0 Å². The van der Waals surface area contributed by atoms with Gasteiger partial charge in [0.2, 0.25) is 0 Å². The normalized spacial score (nSPS) is 21.4. The lowest BCUT2D eigenvalue weighted by Crippen LogP contribution is -2.33. The fraction of sp³-hybridized carbons (Fsp3) is 1.00. The molecule has 1 aliphatic heterocycles. The molecule has 1 saturated heterocycles. The fourth-order valence-corrected chi connectivity index (χ4v) is 2.37. The van der Waals surface area contributed by atoms with E-state index in [1.165, 1.54) is 45.2 Å². The van der Waals surface area contributed by atoms with Crippen molar-refractivity contribution in [3.63, 3.8) is 0 Å². The molecule has 1 fully saturated rings. The highest BCUT2D eigenvalue weighted by Crippen LogP contribution is 2.11. The van der Waals surface area contributed by atoms with Crippen LogP contribution in [0.15, 0.2) is 0 Å². The van der Waals surface area contributed by atoms with Crippen molar-refractivity contribution in [1.29, 1.82) is 0 Å². The first kappa shape index (κ1) is 13.9. The molecule has 0 spiro atoms. The summed E-state index contributed by atoms with van der Waals surface area (Å²) in [5.74, 6) is 0. The number of rotatable bonds is 6. The van der Waals surface area contributed by atoms with Crippen molar-refractivity contribution in [3.8, 4) is 0 Å². The lowest BCUT2D eigenvalue weighted by molar-refractivity contribution is 0.0536. The summed E-state index contributed by atoms with van der Waals surface area (Å²) in [7, 11) is 0. The van der Waals surface area contributed by atoms with Gasteiger partial charge in [0, 0.05) is 19.7 Å². The second-order valence-corrected chi connectivity index (χ2v) is 4.71. The third-order valence-electron chi connectivity index (χ3n) is 3.38. The van der Waals surface area contributed by atoms with Crippen LogP contribution in [0.25, 0.3) is 0 Å². The largest absolute Gasteiger partial charge is 0.377 e. The first-order valence-corrected chi connectivity index (χ1v) is 6.90. The summed E-state index contributed by atoms with van der Waals surface area (Å²) in [6.45, 7) is 7.16. The number of hydrogen-bond donors (Lipinski definition) is 1. The van der Waals surface area contributed by atoms with E-state index < -0.39 is 0 Å². The summed E-state index contributed by atoms with van der Waals surface area (Å²) < 4.78 is 5.59. The molecule has 16 heavy (non-hydrogen) atoms. The van der Waals surface area contributed by atoms with Gasteiger partial charge in [-0.3, -0.25) is 0 Å². The molecule has 0 bridgehead atoms. The number of ether oxygens (including phenoxy) is 1. The minimum absolute atomic E-state index is 0.260. The van der Waals surface area contributed by atoms with Crippen LogP contribution < -0.4 is 5.73 Å². The van der Waals surface area contributed by atoms with E-state index in [1.54, 1.807) is 0 Å². The van der Waals surface area contributed by atoms with Crippen LogP contribution in [0.1, 0.15) is 45.4 Å². The second-order valence-electron chi connectivity index (χ2n) is 4.71. The van der Waals surface area contributed by atoms with Crippen LogP contribution in [0.4, 0.5) is 0 Å². The average Bonchev–Trinajstić information content (AvgIpc) is 2.26. The maximum absolute atomic E-state index is 5.69. The van der Waals surface area contributed by atoms with Crippen molar-refractivity contribution in [1.82, 2.24) is 4.90 Å². The van der Waals surface area contributed by atoms with E-state index >= 15 is 0 Å². The van der Waals surface area contributed by atoms with Gasteiger partial charge < -0.3 is 15.4 Å². The van der Waals surface area contributed by atoms with Gasteiger partial charge in [-0.2, -0.15) is 0 Å². The zero-order valence-corrected chi connectivity index (χ0v) is 10.8. The lowest BCUT2D eigenvalue weighted by Gasteiger charge is -2.26. The molecule has 1 rings (SSSR count). The van der Waals surface area contributed by atoms with Gasteiger partial charge in [0.15, 0.2) is 0 Å². The summed E-state index contributed by atoms with van der Waals surface area (Å²) >= 11 is 0. The summed E-state index contributed by atoms with van der Waals surface area (Å²) in [6, 6.07) is 0. The van der Waals surface area contributed by atoms with Gasteiger partial charge in [-0.25, -0.2) is 0 Å². The molecule has 3 nitrogen and oxygen atoms in total. The SMILES string of the molecule is CCOC(CN)CCN1CCCCCCC1. The lowest BCUT2D eigenvalue weighted by atomic mass is 10.1. The third-order valence-corrected chi connectivity index (χ3v) is 3.38. The van der Waals surface area contributed by atoms with Crippen LogP contribution in [-0.2, 0) is 4.74 Å². The maximum atomic E-state index is 5.69. The van der Waals surface area contributed by atoms with Crippen LogP contribution in [0.3, 0.4) is 0 Å². The highest BCUT2D eigenvalue weighted by molar-refractivity contribution is 4.66. The molecule has 1 heterocycles. The molecule has 0 radical (unpaired) electrons. The Bertz CT molecular complexity index is 156. The number of nitrogens with two attached hydrogens (primary N) is 1. The predicted octanol–water partition coefficient (Wildman–Crippen LogP) is 2.01. The van der Waals surface area contributed by atoms with Gasteiger partial charge in [0.1, 0.15) is 0 Å². The summed E-state index contributed by atoms with van der Waals surface area (Å²) in [5, 5.41) is 0. The zero-order chi connectivity index (χ0) is 11.6. The molecule has 1 unspecified atom stereocenters. The van der Waals surface area contributed by atoms with E-state index in [0.717, 1.165) is 19.6 Å². The molecule has 0 aromatic heterocycles. The Morgan fingerprint density at radius 1 is 1.12 bits per heavy atom. The van der Waals surface area contributed by atoms with E-state index in [0.29, 0.717) is 6.54 Å². The molecule has 1 aliphatic rings. The van der Waals surface area contributed by atoms with E-state index in [1.807, 2.05) is 6.92 Å². The summed E-state index contributed by atoms with van der Waals surface area (Å²) in [4.78, 5) is 2.58. The van der Waals surface area contributed by atoms with Gasteiger partial charge in [-0.05, 0) is 39.3 Å². The molecule has 0 aromatic carbocycles. The third kappa shape index (κ3) is 5.83. The molecule has 0 aliphatic carbocycles. The van der Waals surface area contributed by atoms with Gasteiger partial charge in [-0.15, -0.1) is 0 Å². The van der Waals surface area contributed by atoms with E-state index in [9.17, 15) is 0 Å². The Kier molecular flexibility index (Phi) is 7.81. The number of likely N-dealkylation sites (tertiary alicyclic amines) is 1. The van der Waals surface area contributed by atoms with Crippen molar-refractivity contribution in [2.75, 3.05) is 32.8 Å². The van der Waals surface area contributed by atoms with Crippen molar-refractivity contribution in [3.05, 3.63) is 0 Å². The number of hydrogen-bond acceptors (Lipinski definition) is 3. The Morgan fingerprint density at radius 3 is 2.31 bits per heavy atom. The van der Waals surface area contributed by atoms with Gasteiger partial charge in [0.05, 0.1) is 6.10 Å². The van der Waals surface area contributed by atoms with Crippen LogP contribution in [0.2, 0.25) is 0 Å². The summed E-state index contributed by atoms with van der Waals surface area (Å²) in [6.07, 6.45) is 8.31. The number of nitrogens with zero attached hydrogens (tertiary/aromatic N) is 1. The van der Waals surface area contributed by atoms with Crippen LogP contribution in [0.5, 0.6) is 0 Å². The monoisotopic (exact) mass is 228 g/mol. The van der Waals surface area contributed by atoms with E-state index in [2.05, 4.69) is 4.90 Å². The minimum Gasteiger partial charge on any atom is -0.377 e. The van der Waals surface area contributed by atoms with Crippen molar-refractivity contribution in [2.45, 2.75) is 51.6 Å². The fourth-order valence-electron chi connectivity index (χ4n) is 2.37. The predicted molar refractivity (Wildman–Crippen MR) is 68.6 cm³/mol. The van der Waals surface area contributed by atoms with Crippen molar-refractivity contribution in [2.24, 2.45) is 5.73 Å². The Balaban J connectivity index is 2.17. The highest BCUT2D eigenvalue weighted by atomic mass is 16.5. The molecule has 0 aromatic rings. The Morgan fingerprint density at radius 2 is 1.75 bits per heavy atom. The topological polar surface area (TPSA) is 38.5 Å². The standard InChI is InChI=1S/C13H28N2O/c1-2-16-13(12-14)8-11-15-9-6-4-3-5-7-10-15/h13H,2-12,14H2,1H3. The first-order valence-electron chi connectivity index (χ1n) is 6.90. The molecule has 0 saturated carbocycles. The molecule has 3 heteroatoms. The zero-order valence-electron chi connectivity index (χ0n) is 10.8. The average molecular weight is 228 g/mol. The quantitative estimate of drug-likeness (QED) is 0.756. The molecular formula is C13H28N2O. The van der Waals surface area contributed by atoms with Gasteiger partial charge >= 0.3 is 0 Å². The van der Waals surface area contributed by atoms with E-state index in [-0.39, 0.29) is 6.10 Å². The highest BCUT2D eigenvalue weighted by Gasteiger charge is 2.11. The minimum atomic E-state index is 0.260. The molecule has 2 N–H and O–H groups in total. The molecular weight excluding hydrogens is 200 g/mol. The van der Waals surface area contributed by atoms with Crippen LogP contribution >= 0.6 is 0 Å². The van der Waals surface area contributed by atoms with Crippen molar-refractivity contribution < 1.29 is 4.74 Å². The summed E-state index contributed by atoms with van der Waals surface area (Å²) in [5.41, 5.74) is 5.69. The van der Waals surface area contributed by atoms with Gasteiger partial charge in [0.25, 0.3) is 0 Å². The van der Waals surface area contributed by atoms with Crippen LogP contribution in [-0.4, -0.2) is 43.8 Å². The van der Waals surface area contributed by atoms with E-state index in [4.69, 9.17) is 10.5 Å². The van der Waals surface area contributed by atoms with Crippen molar-refractivity contribution >= 4 is 0 Å². The molecule has 96 valence electrons. The Hall–Kier alpha value is -0.120. The second kappa shape index (κ2) is 8.97. The smallest absolute Gasteiger partial charge is 0.0709 e. The first-order chi connectivity index (χ1) is 7.86.